The fourth-order valence-corrected chi connectivity index (χ4v) is 3.37. The summed E-state index contributed by atoms with van der Waals surface area (Å²) in [5.74, 6) is 0.437. The second kappa shape index (κ2) is 8.42. The number of carbonyl (C=O) groups is 1. The Balaban J connectivity index is 1.62. The number of hydrogen-bond acceptors (Lipinski definition) is 5. The summed E-state index contributed by atoms with van der Waals surface area (Å²) in [7, 11) is 2.16. The molecule has 1 aliphatic rings. The molecule has 1 fully saturated rings. The first kappa shape index (κ1) is 18.5. The van der Waals surface area contributed by atoms with Crippen molar-refractivity contribution in [3.63, 3.8) is 0 Å². The standard InChI is InChI=1S/C19H28N6O/c1-15(2)18(24-9-7-23(3)8-10-24)12-21-19(26)16-5-4-6-17(11-16)25-14-20-13-22-25/h4-6,11,13-15,18H,7-10,12H2,1-3H3,(H,21,26). The molecule has 2 aromatic rings. The summed E-state index contributed by atoms with van der Waals surface area (Å²) in [5, 5.41) is 7.24. The van der Waals surface area contributed by atoms with Crippen LogP contribution in [0.2, 0.25) is 0 Å². The number of likely N-dealkylation sites (N-methyl/N-ethyl adjacent to an activating group) is 1. The zero-order chi connectivity index (χ0) is 18.5. The lowest BCUT2D eigenvalue weighted by molar-refractivity contribution is 0.0791. The molecule has 26 heavy (non-hydrogen) atoms. The molecule has 0 saturated carbocycles. The van der Waals surface area contributed by atoms with Crippen molar-refractivity contribution in [2.75, 3.05) is 39.8 Å². The number of nitrogens with one attached hydrogen (secondary N) is 1. The van der Waals surface area contributed by atoms with Crippen LogP contribution in [0.3, 0.4) is 0 Å². The summed E-state index contributed by atoms with van der Waals surface area (Å²) < 4.78 is 1.65. The van der Waals surface area contributed by atoms with E-state index in [0.29, 0.717) is 24.1 Å². The van der Waals surface area contributed by atoms with Crippen LogP contribution in [0, 0.1) is 5.92 Å². The van der Waals surface area contributed by atoms with Crippen molar-refractivity contribution in [3.05, 3.63) is 42.5 Å². The van der Waals surface area contributed by atoms with Crippen LogP contribution in [0.5, 0.6) is 0 Å². The molecule has 1 aliphatic heterocycles. The molecule has 0 spiro atoms. The Hall–Kier alpha value is -2.25. The highest BCUT2D eigenvalue weighted by Gasteiger charge is 2.25. The predicted octanol–water partition coefficient (Wildman–Crippen LogP) is 1.27. The molecule has 1 unspecified atom stereocenters. The first-order valence-electron chi connectivity index (χ1n) is 9.20. The topological polar surface area (TPSA) is 66.3 Å². The number of carbonyl (C=O) groups excluding carboxylic acids is 1. The van der Waals surface area contributed by atoms with Crippen molar-refractivity contribution in [1.29, 1.82) is 0 Å². The van der Waals surface area contributed by atoms with Crippen molar-refractivity contribution in [2.45, 2.75) is 19.9 Å². The van der Waals surface area contributed by atoms with Gasteiger partial charge in [0.1, 0.15) is 12.7 Å². The maximum Gasteiger partial charge on any atom is 0.251 e. The van der Waals surface area contributed by atoms with Gasteiger partial charge in [0.2, 0.25) is 0 Å². The van der Waals surface area contributed by atoms with E-state index in [1.807, 2.05) is 24.3 Å². The Morgan fingerprint density at radius 3 is 2.65 bits per heavy atom. The monoisotopic (exact) mass is 356 g/mol. The van der Waals surface area contributed by atoms with Crippen LogP contribution in [0.15, 0.2) is 36.9 Å². The minimum Gasteiger partial charge on any atom is -0.350 e. The van der Waals surface area contributed by atoms with Gasteiger partial charge in [0.05, 0.1) is 5.69 Å². The zero-order valence-electron chi connectivity index (χ0n) is 15.8. The summed E-state index contributed by atoms with van der Waals surface area (Å²) in [6, 6.07) is 7.80. The summed E-state index contributed by atoms with van der Waals surface area (Å²) in [6.45, 7) is 9.37. The molecular formula is C19H28N6O. The molecule has 1 amide bonds. The minimum atomic E-state index is -0.0493. The highest BCUT2D eigenvalue weighted by atomic mass is 16.1. The lowest BCUT2D eigenvalue weighted by Gasteiger charge is -2.39. The van der Waals surface area contributed by atoms with E-state index < -0.39 is 0 Å². The third kappa shape index (κ3) is 4.47. The third-order valence-electron chi connectivity index (χ3n) is 5.04. The molecule has 0 radical (unpaired) electrons. The molecule has 1 N–H and O–H groups in total. The number of nitrogens with zero attached hydrogens (tertiary/aromatic N) is 5. The summed E-state index contributed by atoms with van der Waals surface area (Å²) in [6.07, 6.45) is 3.11. The lowest BCUT2D eigenvalue weighted by atomic mass is 10.0. The quantitative estimate of drug-likeness (QED) is 0.844. The minimum absolute atomic E-state index is 0.0493. The van der Waals surface area contributed by atoms with Gasteiger partial charge in [-0.2, -0.15) is 5.10 Å². The van der Waals surface area contributed by atoms with Crippen LogP contribution in [0.4, 0.5) is 0 Å². The molecule has 1 saturated heterocycles. The average Bonchev–Trinajstić information content (AvgIpc) is 3.18. The van der Waals surface area contributed by atoms with E-state index in [0.717, 1.165) is 31.9 Å². The summed E-state index contributed by atoms with van der Waals surface area (Å²) in [4.78, 5) is 21.4. The fourth-order valence-electron chi connectivity index (χ4n) is 3.37. The van der Waals surface area contributed by atoms with E-state index in [1.165, 1.54) is 6.33 Å². The number of piperazine rings is 1. The predicted molar refractivity (Wildman–Crippen MR) is 101 cm³/mol. The lowest BCUT2D eigenvalue weighted by Crippen LogP contribution is -2.54. The van der Waals surface area contributed by atoms with E-state index in [9.17, 15) is 4.79 Å². The van der Waals surface area contributed by atoms with Crippen LogP contribution < -0.4 is 5.32 Å². The van der Waals surface area contributed by atoms with Gasteiger partial charge >= 0.3 is 0 Å². The zero-order valence-corrected chi connectivity index (χ0v) is 15.8. The van der Waals surface area contributed by atoms with Crippen molar-refractivity contribution in [3.8, 4) is 5.69 Å². The molecule has 3 rings (SSSR count). The summed E-state index contributed by atoms with van der Waals surface area (Å²) in [5.41, 5.74) is 1.47. The van der Waals surface area contributed by atoms with Crippen molar-refractivity contribution < 1.29 is 4.79 Å². The molecule has 1 atom stereocenters. The average molecular weight is 356 g/mol. The molecule has 7 heteroatoms. The molecule has 1 aromatic carbocycles. The molecule has 0 bridgehead atoms. The van der Waals surface area contributed by atoms with E-state index in [4.69, 9.17) is 0 Å². The van der Waals surface area contributed by atoms with E-state index in [2.05, 4.69) is 46.1 Å². The van der Waals surface area contributed by atoms with Crippen molar-refractivity contribution >= 4 is 5.91 Å². The number of benzene rings is 1. The highest BCUT2D eigenvalue weighted by molar-refractivity contribution is 5.94. The van der Waals surface area contributed by atoms with Gasteiger partial charge < -0.3 is 10.2 Å². The Bertz CT molecular complexity index is 707. The van der Waals surface area contributed by atoms with Gasteiger partial charge in [0.15, 0.2) is 0 Å². The van der Waals surface area contributed by atoms with E-state index in [1.54, 1.807) is 11.0 Å². The van der Waals surface area contributed by atoms with Gasteiger partial charge in [-0.05, 0) is 31.2 Å². The van der Waals surface area contributed by atoms with E-state index in [-0.39, 0.29) is 5.91 Å². The van der Waals surface area contributed by atoms with E-state index >= 15 is 0 Å². The van der Waals surface area contributed by atoms with Gasteiger partial charge in [-0.3, -0.25) is 9.69 Å². The first-order valence-corrected chi connectivity index (χ1v) is 9.20. The van der Waals surface area contributed by atoms with Gasteiger partial charge in [0.25, 0.3) is 5.91 Å². The molecule has 1 aromatic heterocycles. The van der Waals surface area contributed by atoms with Gasteiger partial charge in [-0.15, -0.1) is 0 Å². The largest absolute Gasteiger partial charge is 0.350 e. The second-order valence-corrected chi connectivity index (χ2v) is 7.25. The van der Waals surface area contributed by atoms with Crippen LogP contribution in [-0.4, -0.2) is 76.3 Å². The third-order valence-corrected chi connectivity index (χ3v) is 5.04. The molecule has 0 aliphatic carbocycles. The maximum absolute atomic E-state index is 12.6. The Morgan fingerprint density at radius 1 is 1.23 bits per heavy atom. The molecule has 140 valence electrons. The summed E-state index contributed by atoms with van der Waals surface area (Å²) >= 11 is 0. The van der Waals surface area contributed by atoms with Gasteiger partial charge in [-0.1, -0.05) is 19.9 Å². The maximum atomic E-state index is 12.6. The molecule has 2 heterocycles. The van der Waals surface area contributed by atoms with Crippen molar-refractivity contribution in [2.24, 2.45) is 5.92 Å². The van der Waals surface area contributed by atoms with Gasteiger partial charge in [-0.25, -0.2) is 9.67 Å². The Kier molecular flexibility index (Phi) is 6.00. The Labute approximate surface area is 155 Å². The molecular weight excluding hydrogens is 328 g/mol. The number of aromatic nitrogens is 3. The number of hydrogen-bond donors (Lipinski definition) is 1. The van der Waals surface area contributed by atoms with Crippen LogP contribution >= 0.6 is 0 Å². The smallest absolute Gasteiger partial charge is 0.251 e. The Morgan fingerprint density at radius 2 is 2.00 bits per heavy atom. The number of rotatable bonds is 6. The van der Waals surface area contributed by atoms with Gasteiger partial charge in [0, 0.05) is 44.3 Å². The highest BCUT2D eigenvalue weighted by Crippen LogP contribution is 2.14. The van der Waals surface area contributed by atoms with Crippen LogP contribution in [-0.2, 0) is 0 Å². The fraction of sp³-hybridized carbons (Fsp3) is 0.526. The molecule has 7 nitrogen and oxygen atoms in total. The first-order chi connectivity index (χ1) is 12.5. The normalized spacial score (nSPS) is 17.4. The van der Waals surface area contributed by atoms with Crippen molar-refractivity contribution in [1.82, 2.24) is 29.9 Å². The van der Waals surface area contributed by atoms with Crippen LogP contribution in [0.25, 0.3) is 5.69 Å². The van der Waals surface area contributed by atoms with Crippen LogP contribution in [0.1, 0.15) is 24.2 Å². The second-order valence-electron chi connectivity index (χ2n) is 7.25. The number of amides is 1. The SMILES string of the molecule is CC(C)C(CNC(=O)c1cccc(-n2cncn2)c1)N1CCN(C)CC1.